The average Bonchev–Trinajstić information content (AvgIpc) is 3.15. The number of alkyl halides is 2. The number of halogens is 2. The zero-order chi connectivity index (χ0) is 21.8. The Morgan fingerprint density at radius 2 is 2.16 bits per heavy atom. The minimum absolute atomic E-state index is 0.00103. The summed E-state index contributed by atoms with van der Waals surface area (Å²) in [5.74, 6) is 0.165. The van der Waals surface area contributed by atoms with Crippen LogP contribution in [0.1, 0.15) is 40.8 Å². The summed E-state index contributed by atoms with van der Waals surface area (Å²) < 4.78 is 44.5. The fourth-order valence-corrected chi connectivity index (χ4v) is 3.51. The summed E-state index contributed by atoms with van der Waals surface area (Å²) in [6.07, 6.45) is 1.48. The SMILES string of the molecule is CCOc1cc2nc(CC3COCCO3)cn2cc1CC(=O)c1cccc(C(F)F)n1. The number of hydrogen-bond donors (Lipinski definition) is 0. The Labute approximate surface area is 178 Å². The summed E-state index contributed by atoms with van der Waals surface area (Å²) in [7, 11) is 0. The van der Waals surface area contributed by atoms with Crippen LogP contribution in [0.4, 0.5) is 8.78 Å². The van der Waals surface area contributed by atoms with Crippen molar-refractivity contribution in [3.8, 4) is 5.75 Å². The Hall–Kier alpha value is -2.91. The van der Waals surface area contributed by atoms with Crippen LogP contribution in [0, 0.1) is 0 Å². The topological polar surface area (TPSA) is 74.9 Å². The van der Waals surface area contributed by atoms with Gasteiger partial charge in [-0.1, -0.05) is 6.07 Å². The molecule has 0 radical (unpaired) electrons. The van der Waals surface area contributed by atoms with Crippen LogP contribution in [0.5, 0.6) is 5.75 Å². The van der Waals surface area contributed by atoms with Crippen molar-refractivity contribution in [2.75, 3.05) is 26.4 Å². The van der Waals surface area contributed by atoms with E-state index in [1.54, 1.807) is 12.3 Å². The standard InChI is InChI=1S/C22H23F2N3O4/c1-2-30-20-10-21-25-15(9-16-13-29-6-7-31-16)12-27(21)11-14(20)8-19(28)17-4-3-5-18(26-17)22(23)24/h3-5,10-12,16,22H,2,6-9,13H2,1H3. The van der Waals surface area contributed by atoms with E-state index in [-0.39, 0.29) is 24.0 Å². The van der Waals surface area contributed by atoms with Gasteiger partial charge in [0.05, 0.1) is 38.2 Å². The molecule has 0 aromatic carbocycles. The molecule has 0 saturated carbocycles. The Bertz CT molecular complexity index is 1060. The molecule has 1 saturated heterocycles. The number of carbonyl (C=O) groups is 1. The number of fused-ring (bicyclic) bond motifs is 1. The number of nitrogens with zero attached hydrogens (tertiary/aromatic N) is 3. The lowest BCUT2D eigenvalue weighted by Gasteiger charge is -2.21. The van der Waals surface area contributed by atoms with Crippen LogP contribution in [0.3, 0.4) is 0 Å². The van der Waals surface area contributed by atoms with Crippen LogP contribution in [0.25, 0.3) is 5.65 Å². The highest BCUT2D eigenvalue weighted by molar-refractivity contribution is 5.96. The lowest BCUT2D eigenvalue weighted by molar-refractivity contribution is -0.0874. The molecule has 164 valence electrons. The maximum Gasteiger partial charge on any atom is 0.280 e. The molecule has 31 heavy (non-hydrogen) atoms. The van der Waals surface area contributed by atoms with Crippen molar-refractivity contribution in [2.24, 2.45) is 0 Å². The quantitative estimate of drug-likeness (QED) is 0.509. The predicted molar refractivity (Wildman–Crippen MR) is 108 cm³/mol. The summed E-state index contributed by atoms with van der Waals surface area (Å²) >= 11 is 0. The second-order valence-corrected chi connectivity index (χ2v) is 7.21. The molecule has 0 N–H and O–H groups in total. The van der Waals surface area contributed by atoms with Crippen molar-refractivity contribution in [2.45, 2.75) is 32.3 Å². The molecule has 0 spiro atoms. The Morgan fingerprint density at radius 3 is 2.90 bits per heavy atom. The van der Waals surface area contributed by atoms with Gasteiger partial charge in [0.15, 0.2) is 5.78 Å². The number of pyridine rings is 2. The number of hydrogen-bond acceptors (Lipinski definition) is 6. The fourth-order valence-electron chi connectivity index (χ4n) is 3.51. The van der Waals surface area contributed by atoms with Crippen molar-refractivity contribution in [3.63, 3.8) is 0 Å². The van der Waals surface area contributed by atoms with Crippen molar-refractivity contribution < 1.29 is 27.8 Å². The van der Waals surface area contributed by atoms with Gasteiger partial charge in [-0.25, -0.2) is 18.7 Å². The lowest BCUT2D eigenvalue weighted by atomic mass is 10.1. The van der Waals surface area contributed by atoms with E-state index in [0.29, 0.717) is 49.8 Å². The van der Waals surface area contributed by atoms with Crippen LogP contribution >= 0.6 is 0 Å². The van der Waals surface area contributed by atoms with Gasteiger partial charge in [0, 0.05) is 36.9 Å². The molecule has 0 bridgehead atoms. The van der Waals surface area contributed by atoms with Crippen LogP contribution in [0.15, 0.2) is 36.7 Å². The Kier molecular flexibility index (Phi) is 6.53. The van der Waals surface area contributed by atoms with Gasteiger partial charge in [-0.3, -0.25) is 4.79 Å². The van der Waals surface area contributed by atoms with E-state index >= 15 is 0 Å². The van der Waals surface area contributed by atoms with E-state index in [9.17, 15) is 13.6 Å². The molecule has 3 aromatic rings. The van der Waals surface area contributed by atoms with Crippen molar-refractivity contribution in [1.82, 2.24) is 14.4 Å². The van der Waals surface area contributed by atoms with Crippen molar-refractivity contribution in [1.29, 1.82) is 0 Å². The van der Waals surface area contributed by atoms with Crippen LogP contribution in [0.2, 0.25) is 0 Å². The summed E-state index contributed by atoms with van der Waals surface area (Å²) in [4.78, 5) is 21.1. The first-order valence-electron chi connectivity index (χ1n) is 10.1. The van der Waals surface area contributed by atoms with Gasteiger partial charge in [0.2, 0.25) is 0 Å². The highest BCUT2D eigenvalue weighted by atomic mass is 19.3. The number of ketones is 1. The summed E-state index contributed by atoms with van der Waals surface area (Å²) in [6.45, 7) is 3.96. The largest absolute Gasteiger partial charge is 0.493 e. The van der Waals surface area contributed by atoms with Crippen LogP contribution in [-0.4, -0.2) is 52.7 Å². The maximum absolute atomic E-state index is 12.9. The molecule has 1 fully saturated rings. The van der Waals surface area contributed by atoms with E-state index in [1.165, 1.54) is 18.2 Å². The number of Topliss-reactive ketones (excluding diaryl/α,β-unsaturated/α-hetero) is 1. The van der Waals surface area contributed by atoms with Crippen LogP contribution < -0.4 is 4.74 Å². The van der Waals surface area contributed by atoms with Gasteiger partial charge in [-0.2, -0.15) is 0 Å². The molecule has 1 atom stereocenters. The highest BCUT2D eigenvalue weighted by Gasteiger charge is 2.19. The molecule has 7 nitrogen and oxygen atoms in total. The zero-order valence-corrected chi connectivity index (χ0v) is 17.1. The van der Waals surface area contributed by atoms with E-state index in [1.807, 2.05) is 17.5 Å². The summed E-state index contributed by atoms with van der Waals surface area (Å²) in [6, 6.07) is 5.83. The third-order valence-electron chi connectivity index (χ3n) is 4.93. The first-order valence-corrected chi connectivity index (χ1v) is 10.1. The maximum atomic E-state index is 12.9. The van der Waals surface area contributed by atoms with E-state index < -0.39 is 12.1 Å². The monoisotopic (exact) mass is 431 g/mol. The summed E-state index contributed by atoms with van der Waals surface area (Å²) in [5, 5.41) is 0. The van der Waals surface area contributed by atoms with Gasteiger partial charge in [-0.05, 0) is 19.1 Å². The number of rotatable bonds is 8. The van der Waals surface area contributed by atoms with Gasteiger partial charge < -0.3 is 18.6 Å². The predicted octanol–water partition coefficient (Wildman–Crippen LogP) is 3.45. The van der Waals surface area contributed by atoms with Crippen molar-refractivity contribution >= 4 is 11.4 Å². The molecule has 1 aliphatic rings. The summed E-state index contributed by atoms with van der Waals surface area (Å²) in [5.41, 5.74) is 1.74. The average molecular weight is 431 g/mol. The first kappa shape index (κ1) is 21.3. The molecule has 3 aromatic heterocycles. The van der Waals surface area contributed by atoms with Crippen LogP contribution in [-0.2, 0) is 22.3 Å². The fraction of sp³-hybridized carbons (Fsp3) is 0.409. The third-order valence-corrected chi connectivity index (χ3v) is 4.93. The molecule has 4 heterocycles. The zero-order valence-electron chi connectivity index (χ0n) is 17.1. The van der Waals surface area contributed by atoms with E-state index in [2.05, 4.69) is 9.97 Å². The normalized spacial score (nSPS) is 16.7. The molecule has 0 aliphatic carbocycles. The number of ether oxygens (including phenoxy) is 3. The lowest BCUT2D eigenvalue weighted by Crippen LogP contribution is -2.30. The number of imidazole rings is 1. The molecular weight excluding hydrogens is 408 g/mol. The highest BCUT2D eigenvalue weighted by Crippen LogP contribution is 2.24. The molecular formula is C22H23F2N3O4. The third kappa shape index (κ3) is 5.05. The molecule has 1 aliphatic heterocycles. The minimum Gasteiger partial charge on any atom is -0.493 e. The Balaban J connectivity index is 1.58. The Morgan fingerprint density at radius 1 is 1.29 bits per heavy atom. The molecule has 9 heteroatoms. The number of aromatic nitrogens is 3. The van der Waals surface area contributed by atoms with Gasteiger partial charge in [-0.15, -0.1) is 0 Å². The number of carbonyl (C=O) groups excluding carboxylic acids is 1. The van der Waals surface area contributed by atoms with Crippen molar-refractivity contribution in [3.05, 3.63) is 59.3 Å². The minimum atomic E-state index is -2.73. The molecule has 0 amide bonds. The first-order chi connectivity index (χ1) is 15.0. The second kappa shape index (κ2) is 9.49. The van der Waals surface area contributed by atoms with E-state index in [0.717, 1.165) is 5.69 Å². The van der Waals surface area contributed by atoms with Gasteiger partial charge >= 0.3 is 0 Å². The van der Waals surface area contributed by atoms with Gasteiger partial charge in [0.1, 0.15) is 22.8 Å². The van der Waals surface area contributed by atoms with E-state index in [4.69, 9.17) is 14.2 Å². The second-order valence-electron chi connectivity index (χ2n) is 7.21. The smallest absolute Gasteiger partial charge is 0.280 e. The van der Waals surface area contributed by atoms with Gasteiger partial charge in [0.25, 0.3) is 6.43 Å². The molecule has 4 rings (SSSR count). The molecule has 1 unspecified atom stereocenters.